The Morgan fingerprint density at radius 3 is 2.40 bits per heavy atom. The normalized spacial score (nSPS) is 23.2. The van der Waals surface area contributed by atoms with E-state index in [2.05, 4.69) is 0 Å². The van der Waals surface area contributed by atoms with Crippen molar-refractivity contribution in [3.8, 4) is 0 Å². The molecule has 1 rings (SSSR count). The number of hydrogen-bond donors (Lipinski definition) is 0. The fourth-order valence-corrected chi connectivity index (χ4v) is 2.45. The lowest BCUT2D eigenvalue weighted by Crippen LogP contribution is -2.33. The van der Waals surface area contributed by atoms with Crippen molar-refractivity contribution in [2.75, 3.05) is 34.2 Å². The van der Waals surface area contributed by atoms with E-state index in [0.717, 1.165) is 11.8 Å². The summed E-state index contributed by atoms with van der Waals surface area (Å²) in [7, 11) is 1.42. The first-order valence-electron chi connectivity index (χ1n) is 6.27. The third-order valence-corrected chi connectivity index (χ3v) is 3.55. The van der Waals surface area contributed by atoms with E-state index in [1.165, 1.54) is 0 Å². The fourth-order valence-electron chi connectivity index (χ4n) is 2.03. The molecule has 0 spiro atoms. The summed E-state index contributed by atoms with van der Waals surface area (Å²) >= 11 is 0. The van der Waals surface area contributed by atoms with E-state index in [1.54, 1.807) is 21.3 Å². The molecule has 116 valence electrons. The van der Waals surface area contributed by atoms with Crippen molar-refractivity contribution >= 4 is 10.1 Å². The van der Waals surface area contributed by atoms with Gasteiger partial charge in [0, 0.05) is 14.2 Å². The Kier molecular flexibility index (Phi) is 6.67. The van der Waals surface area contributed by atoms with Crippen molar-refractivity contribution in [1.82, 2.24) is 0 Å². The lowest BCUT2D eigenvalue weighted by atomic mass is 9.97. The van der Waals surface area contributed by atoms with Crippen molar-refractivity contribution in [1.29, 1.82) is 0 Å². The van der Waals surface area contributed by atoms with Crippen molar-refractivity contribution in [2.45, 2.75) is 25.0 Å². The van der Waals surface area contributed by atoms with E-state index >= 15 is 0 Å². The minimum Gasteiger partial charge on any atom is -0.498 e. The van der Waals surface area contributed by atoms with Crippen LogP contribution in [0.3, 0.4) is 0 Å². The number of methoxy groups -OCH3 is 3. The molecule has 0 aliphatic heterocycles. The first kappa shape index (κ1) is 17.2. The molecule has 7 heteroatoms. The average molecular weight is 306 g/mol. The molecule has 6 nitrogen and oxygen atoms in total. The lowest BCUT2D eigenvalue weighted by Gasteiger charge is -2.28. The summed E-state index contributed by atoms with van der Waals surface area (Å²) in [5.41, 5.74) is 1.01. The molecular weight excluding hydrogens is 284 g/mol. The highest BCUT2D eigenvalue weighted by atomic mass is 32.2. The zero-order valence-electron chi connectivity index (χ0n) is 12.3. The van der Waals surface area contributed by atoms with E-state index < -0.39 is 10.1 Å². The Bertz CT molecular complexity index is 465. The van der Waals surface area contributed by atoms with Crippen LogP contribution >= 0.6 is 0 Å². The molecular formula is C13H22O6S. The largest absolute Gasteiger partial charge is 0.498 e. The van der Waals surface area contributed by atoms with Crippen LogP contribution in [0.15, 0.2) is 23.5 Å². The van der Waals surface area contributed by atoms with Crippen LogP contribution in [0, 0.1) is 0 Å². The number of hydrogen-bond acceptors (Lipinski definition) is 6. The van der Waals surface area contributed by atoms with Crippen molar-refractivity contribution in [3.63, 3.8) is 0 Å². The van der Waals surface area contributed by atoms with Crippen LogP contribution in [0.4, 0.5) is 0 Å². The van der Waals surface area contributed by atoms with Gasteiger partial charge in [0.1, 0.15) is 18.0 Å². The molecule has 0 heterocycles. The van der Waals surface area contributed by atoms with Gasteiger partial charge in [-0.25, -0.2) is 0 Å². The van der Waals surface area contributed by atoms with Gasteiger partial charge in [0.15, 0.2) is 0 Å². The summed E-state index contributed by atoms with van der Waals surface area (Å²) in [6, 6.07) is 0. The van der Waals surface area contributed by atoms with Crippen LogP contribution in [0.25, 0.3) is 0 Å². The summed E-state index contributed by atoms with van der Waals surface area (Å²) in [5, 5.41) is 0. The molecule has 2 unspecified atom stereocenters. The topological polar surface area (TPSA) is 71.1 Å². The summed E-state index contributed by atoms with van der Waals surface area (Å²) in [4.78, 5) is 0. The third-order valence-electron chi connectivity index (χ3n) is 2.95. The molecule has 0 N–H and O–H groups in total. The maximum atomic E-state index is 10.9. The van der Waals surface area contributed by atoms with Gasteiger partial charge in [-0.1, -0.05) is 0 Å². The van der Waals surface area contributed by atoms with E-state index in [0.29, 0.717) is 18.6 Å². The first-order valence-corrected chi connectivity index (χ1v) is 8.09. The molecule has 20 heavy (non-hydrogen) atoms. The van der Waals surface area contributed by atoms with Gasteiger partial charge in [-0.3, -0.25) is 4.18 Å². The van der Waals surface area contributed by atoms with Gasteiger partial charge in [0.2, 0.25) is 0 Å². The Morgan fingerprint density at radius 1 is 1.20 bits per heavy atom. The molecule has 0 bridgehead atoms. The van der Waals surface area contributed by atoms with Crippen LogP contribution in [0.5, 0.6) is 0 Å². The van der Waals surface area contributed by atoms with Gasteiger partial charge in [-0.2, -0.15) is 8.42 Å². The van der Waals surface area contributed by atoms with Crippen molar-refractivity contribution < 1.29 is 26.8 Å². The highest BCUT2D eigenvalue weighted by Crippen LogP contribution is 2.25. The van der Waals surface area contributed by atoms with E-state index in [9.17, 15) is 8.42 Å². The molecule has 0 radical (unpaired) electrons. The van der Waals surface area contributed by atoms with Gasteiger partial charge in [0.25, 0.3) is 10.1 Å². The second-order valence-electron chi connectivity index (χ2n) is 4.48. The predicted molar refractivity (Wildman–Crippen MR) is 74.8 cm³/mol. The zero-order valence-corrected chi connectivity index (χ0v) is 13.1. The quantitative estimate of drug-likeness (QED) is 0.496. The SMILES string of the molecule is COC1=CC(CCCOS(C)(=O)=O)=CC(OC)C1OC. The fraction of sp³-hybridized carbons (Fsp3) is 0.692. The molecule has 2 atom stereocenters. The summed E-state index contributed by atoms with van der Waals surface area (Å²) < 4.78 is 42.4. The maximum absolute atomic E-state index is 10.9. The average Bonchev–Trinajstić information content (AvgIpc) is 2.41. The van der Waals surface area contributed by atoms with E-state index in [1.807, 2.05) is 12.2 Å². The second-order valence-corrected chi connectivity index (χ2v) is 6.12. The smallest absolute Gasteiger partial charge is 0.264 e. The van der Waals surface area contributed by atoms with Crippen LogP contribution in [-0.4, -0.2) is 54.8 Å². The highest BCUT2D eigenvalue weighted by molar-refractivity contribution is 7.85. The van der Waals surface area contributed by atoms with Crippen LogP contribution in [-0.2, 0) is 28.5 Å². The van der Waals surface area contributed by atoms with Crippen molar-refractivity contribution in [2.24, 2.45) is 0 Å². The minimum absolute atomic E-state index is 0.164. The highest BCUT2D eigenvalue weighted by Gasteiger charge is 2.28. The van der Waals surface area contributed by atoms with Crippen LogP contribution < -0.4 is 0 Å². The number of allylic oxidation sites excluding steroid dienone is 2. The Labute approximate surface area is 120 Å². The Balaban J connectivity index is 2.61. The Morgan fingerprint density at radius 2 is 1.90 bits per heavy atom. The molecule has 0 saturated heterocycles. The van der Waals surface area contributed by atoms with Gasteiger partial charge in [-0.15, -0.1) is 0 Å². The van der Waals surface area contributed by atoms with Crippen molar-refractivity contribution in [3.05, 3.63) is 23.5 Å². The molecule has 0 aromatic rings. The molecule has 0 fully saturated rings. The monoisotopic (exact) mass is 306 g/mol. The van der Waals surface area contributed by atoms with E-state index in [4.69, 9.17) is 18.4 Å². The lowest BCUT2D eigenvalue weighted by molar-refractivity contribution is -0.0191. The van der Waals surface area contributed by atoms with Crippen LogP contribution in [0.1, 0.15) is 12.8 Å². The molecule has 0 saturated carbocycles. The molecule has 0 aromatic carbocycles. The minimum atomic E-state index is -3.37. The standard InChI is InChI=1S/C13H22O6S/c1-16-11-8-10(6-5-7-19-20(4,14)15)9-12(17-2)13(11)18-3/h8-9,11,13H,5-7H2,1-4H3. The molecule has 1 aliphatic rings. The number of ether oxygens (including phenoxy) is 3. The maximum Gasteiger partial charge on any atom is 0.264 e. The molecule has 0 amide bonds. The summed E-state index contributed by atoms with van der Waals surface area (Å²) in [6.45, 7) is 0.164. The third kappa shape index (κ3) is 5.24. The zero-order chi connectivity index (χ0) is 15.2. The summed E-state index contributed by atoms with van der Waals surface area (Å²) in [5.74, 6) is 0.695. The predicted octanol–water partition coefficient (Wildman–Crippen LogP) is 1.24. The van der Waals surface area contributed by atoms with Gasteiger partial charge in [0.05, 0.1) is 20.0 Å². The van der Waals surface area contributed by atoms with Gasteiger partial charge in [-0.05, 0) is 30.6 Å². The molecule has 1 aliphatic carbocycles. The Hall–Kier alpha value is -0.890. The van der Waals surface area contributed by atoms with Gasteiger partial charge < -0.3 is 14.2 Å². The van der Waals surface area contributed by atoms with E-state index in [-0.39, 0.29) is 18.8 Å². The summed E-state index contributed by atoms with van der Waals surface area (Å²) in [6.07, 6.45) is 5.69. The van der Waals surface area contributed by atoms with Gasteiger partial charge >= 0.3 is 0 Å². The first-order chi connectivity index (χ1) is 9.41. The second kappa shape index (κ2) is 7.78. The molecule has 0 aromatic heterocycles. The number of rotatable bonds is 8. The van der Waals surface area contributed by atoms with Crippen LogP contribution in [0.2, 0.25) is 0 Å².